The minimum Gasteiger partial charge on any atom is -0.484 e. The molecule has 0 spiro atoms. The molecule has 3 aliphatic rings. The molecular weight excluding hydrogens is 897 g/mol. The lowest BCUT2D eigenvalue weighted by atomic mass is 9.84. The fourth-order valence-corrected chi connectivity index (χ4v) is 14.0. The van der Waals surface area contributed by atoms with E-state index in [1.165, 1.54) is 135 Å². The molecule has 15 rings (SSSR count). The van der Waals surface area contributed by atoms with Crippen LogP contribution in [-0.4, -0.2) is 6.10 Å². The molecule has 3 heteroatoms. The van der Waals surface area contributed by atoms with Gasteiger partial charge in [-0.3, -0.25) is 0 Å². The molecule has 2 aliphatic carbocycles. The summed E-state index contributed by atoms with van der Waals surface area (Å²) in [6.45, 7) is 0. The second kappa shape index (κ2) is 16.1. The molecular formula is C68H42OS2. The van der Waals surface area contributed by atoms with Crippen molar-refractivity contribution >= 4 is 80.2 Å². The van der Waals surface area contributed by atoms with Crippen LogP contribution >= 0.6 is 22.7 Å². The van der Waals surface area contributed by atoms with Crippen LogP contribution in [0.3, 0.4) is 0 Å². The summed E-state index contributed by atoms with van der Waals surface area (Å²) in [6.07, 6.45) is 9.05. The number of allylic oxidation sites excluding steroid dienone is 2. The van der Waals surface area contributed by atoms with E-state index in [1.54, 1.807) is 0 Å². The zero-order chi connectivity index (χ0) is 46.6. The van der Waals surface area contributed by atoms with Gasteiger partial charge in [-0.1, -0.05) is 206 Å². The van der Waals surface area contributed by atoms with Crippen molar-refractivity contribution in [2.24, 2.45) is 0 Å². The highest BCUT2D eigenvalue weighted by atomic mass is 32.1. The molecule has 2 unspecified atom stereocenters. The predicted octanol–water partition coefficient (Wildman–Crippen LogP) is 19.2. The van der Waals surface area contributed by atoms with Gasteiger partial charge < -0.3 is 4.74 Å². The van der Waals surface area contributed by atoms with Crippen LogP contribution in [0.15, 0.2) is 237 Å². The molecule has 0 radical (unpaired) electrons. The Morgan fingerprint density at radius 3 is 1.46 bits per heavy atom. The molecule has 3 heterocycles. The van der Waals surface area contributed by atoms with Crippen LogP contribution in [0.4, 0.5) is 0 Å². The Hall–Kier alpha value is -8.34. The van der Waals surface area contributed by atoms with E-state index in [-0.39, 0.29) is 12.0 Å². The Labute approximate surface area is 420 Å². The normalized spacial score (nSPS) is 15.4. The molecule has 10 aromatic carbocycles. The van der Waals surface area contributed by atoms with Crippen LogP contribution in [-0.2, 0) is 0 Å². The Kier molecular flexibility index (Phi) is 9.20. The topological polar surface area (TPSA) is 9.23 Å². The monoisotopic (exact) mass is 938 g/mol. The van der Waals surface area contributed by atoms with E-state index < -0.39 is 0 Å². The zero-order valence-corrected chi connectivity index (χ0v) is 40.1. The van der Waals surface area contributed by atoms with Gasteiger partial charge in [0, 0.05) is 57.4 Å². The van der Waals surface area contributed by atoms with E-state index >= 15 is 0 Å². The standard InChI is InChI=1S/C68H42OS2/c1-4-19-63-54(10-1)57-16-7-13-49(66(57)69-63)44-24-22-41(23-25-44)38-60-52-36-34-47(42-26-30-45(31-27-42)50-14-8-17-58-55-11-2-5-20-64(55)70-67(50)58)39-61(52)62-40-48(35-37-53(60)62)43-28-32-46(33-29-43)51-15-9-18-59-56-12-3-6-21-65(56)71-68(51)59/h1-40,49,66H. The summed E-state index contributed by atoms with van der Waals surface area (Å²) >= 11 is 3.77. The van der Waals surface area contributed by atoms with Gasteiger partial charge in [0.15, 0.2) is 0 Å². The van der Waals surface area contributed by atoms with Crippen LogP contribution in [0.5, 0.6) is 5.75 Å². The molecule has 71 heavy (non-hydrogen) atoms. The second-order valence-electron chi connectivity index (χ2n) is 19.0. The molecule has 0 N–H and O–H groups in total. The number of rotatable bonds is 6. The summed E-state index contributed by atoms with van der Waals surface area (Å²) in [7, 11) is 0. The Bertz CT molecular complexity index is 4030. The molecule has 332 valence electrons. The highest BCUT2D eigenvalue weighted by molar-refractivity contribution is 7.26. The maximum Gasteiger partial charge on any atom is 0.135 e. The van der Waals surface area contributed by atoms with Crippen molar-refractivity contribution in [2.75, 3.05) is 0 Å². The lowest BCUT2D eigenvalue weighted by Gasteiger charge is -2.24. The average Bonchev–Trinajstić information content (AvgIpc) is 4.20. The van der Waals surface area contributed by atoms with E-state index in [2.05, 4.69) is 243 Å². The van der Waals surface area contributed by atoms with Gasteiger partial charge in [0.2, 0.25) is 0 Å². The lowest BCUT2D eigenvalue weighted by Crippen LogP contribution is -2.22. The minimum atomic E-state index is -0.0159. The van der Waals surface area contributed by atoms with Gasteiger partial charge in [0.25, 0.3) is 0 Å². The summed E-state index contributed by atoms with van der Waals surface area (Å²) < 4.78 is 11.9. The van der Waals surface area contributed by atoms with Crippen molar-refractivity contribution in [2.45, 2.75) is 12.0 Å². The maximum atomic E-state index is 6.55. The second-order valence-corrected chi connectivity index (χ2v) is 21.1. The largest absolute Gasteiger partial charge is 0.484 e. The summed E-state index contributed by atoms with van der Waals surface area (Å²) in [4.78, 5) is 0. The molecule has 0 bridgehead atoms. The number of benzene rings is 10. The van der Waals surface area contributed by atoms with Gasteiger partial charge >= 0.3 is 0 Å². The van der Waals surface area contributed by atoms with Gasteiger partial charge in [-0.2, -0.15) is 0 Å². The van der Waals surface area contributed by atoms with Crippen molar-refractivity contribution in [3.63, 3.8) is 0 Å². The molecule has 2 atom stereocenters. The molecule has 12 aromatic rings. The molecule has 0 saturated carbocycles. The quantitative estimate of drug-likeness (QED) is 0.161. The molecule has 0 fully saturated rings. The maximum absolute atomic E-state index is 6.55. The average molecular weight is 939 g/mol. The van der Waals surface area contributed by atoms with Gasteiger partial charge in [-0.05, 0) is 120 Å². The Morgan fingerprint density at radius 1 is 0.380 bits per heavy atom. The number of ether oxygens (including phenoxy) is 1. The van der Waals surface area contributed by atoms with Crippen molar-refractivity contribution in [3.8, 4) is 61.4 Å². The molecule has 2 aromatic heterocycles. The van der Waals surface area contributed by atoms with E-state index in [0.717, 1.165) is 5.75 Å². The lowest BCUT2D eigenvalue weighted by molar-refractivity contribution is 0.258. The number of fused-ring (bicyclic) bond motifs is 12. The molecule has 0 amide bonds. The van der Waals surface area contributed by atoms with Gasteiger partial charge in [0.05, 0.1) is 0 Å². The van der Waals surface area contributed by atoms with Crippen LogP contribution in [0.1, 0.15) is 33.7 Å². The first-order valence-electron chi connectivity index (χ1n) is 24.4. The number of thiophene rings is 2. The smallest absolute Gasteiger partial charge is 0.135 e. The van der Waals surface area contributed by atoms with Crippen LogP contribution in [0.2, 0.25) is 0 Å². The number of para-hydroxylation sites is 1. The minimum absolute atomic E-state index is 0.0159. The Balaban J connectivity index is 0.792. The SMILES string of the molecule is C1=CC(c2ccc(C=C3c4ccc(-c5ccc(-c6cccc7c6sc6ccccc67)cc5)cc4-c4cc(-c5ccc(-c6cccc7c6sc6ccccc67)cc5)ccc43)cc2)C2Oc3ccccc3C2=C1. The third-order valence-corrected chi connectivity index (χ3v) is 17.5. The fraction of sp³-hybridized carbons (Fsp3) is 0.0294. The molecule has 1 aliphatic heterocycles. The first-order valence-corrected chi connectivity index (χ1v) is 26.1. The van der Waals surface area contributed by atoms with E-state index in [4.69, 9.17) is 4.74 Å². The van der Waals surface area contributed by atoms with Crippen LogP contribution in [0.25, 0.3) is 113 Å². The summed E-state index contributed by atoms with van der Waals surface area (Å²) in [5.41, 5.74) is 21.1. The number of hydrogen-bond donors (Lipinski definition) is 0. The van der Waals surface area contributed by atoms with Crippen LogP contribution < -0.4 is 4.74 Å². The van der Waals surface area contributed by atoms with Gasteiger partial charge in [-0.15, -0.1) is 22.7 Å². The summed E-state index contributed by atoms with van der Waals surface area (Å²) in [6, 6.07) is 81.0. The van der Waals surface area contributed by atoms with Gasteiger partial charge in [-0.25, -0.2) is 0 Å². The van der Waals surface area contributed by atoms with Gasteiger partial charge in [0.1, 0.15) is 11.9 Å². The predicted molar refractivity (Wildman–Crippen MR) is 304 cm³/mol. The van der Waals surface area contributed by atoms with Crippen LogP contribution in [0, 0.1) is 0 Å². The third-order valence-electron chi connectivity index (χ3n) is 15.1. The first-order chi connectivity index (χ1) is 35.2. The number of hydrogen-bond acceptors (Lipinski definition) is 3. The Morgan fingerprint density at radius 2 is 0.873 bits per heavy atom. The van der Waals surface area contributed by atoms with Crippen molar-refractivity contribution in [1.82, 2.24) is 0 Å². The van der Waals surface area contributed by atoms with E-state index in [9.17, 15) is 0 Å². The fourth-order valence-electron chi connectivity index (χ4n) is 11.6. The van der Waals surface area contributed by atoms with Crippen molar-refractivity contribution < 1.29 is 4.74 Å². The molecule has 1 nitrogen and oxygen atoms in total. The first kappa shape index (κ1) is 40.5. The third kappa shape index (κ3) is 6.58. The molecule has 0 saturated heterocycles. The highest BCUT2D eigenvalue weighted by Gasteiger charge is 2.36. The summed E-state index contributed by atoms with van der Waals surface area (Å²) in [5.74, 6) is 1.12. The van der Waals surface area contributed by atoms with Crippen molar-refractivity contribution in [1.29, 1.82) is 0 Å². The zero-order valence-electron chi connectivity index (χ0n) is 38.5. The van der Waals surface area contributed by atoms with E-state index in [0.29, 0.717) is 0 Å². The summed E-state index contributed by atoms with van der Waals surface area (Å²) in [5, 5.41) is 5.31. The van der Waals surface area contributed by atoms with E-state index in [1.807, 2.05) is 22.7 Å². The van der Waals surface area contributed by atoms with Crippen molar-refractivity contribution in [3.05, 3.63) is 264 Å². The highest BCUT2D eigenvalue weighted by Crippen LogP contribution is 2.50.